The maximum Gasteiger partial charge on any atom is 0.119 e. The Morgan fingerprint density at radius 1 is 0.639 bits per heavy atom. The zero-order chi connectivity index (χ0) is 26.1. The van der Waals surface area contributed by atoms with Crippen molar-refractivity contribution in [3.8, 4) is 5.75 Å². The van der Waals surface area contributed by atoms with E-state index in [1.54, 1.807) is 0 Å². The maximum absolute atomic E-state index is 12.8. The Morgan fingerprint density at radius 3 is 1.44 bits per heavy atom. The Hall–Kier alpha value is -1.06. The third-order valence-corrected chi connectivity index (χ3v) is 8.46. The van der Waals surface area contributed by atoms with Crippen molar-refractivity contribution in [2.24, 2.45) is 0 Å². The monoisotopic (exact) mass is 500 g/mol. The Morgan fingerprint density at radius 2 is 1.06 bits per heavy atom. The lowest BCUT2D eigenvalue weighted by Gasteiger charge is -2.35. The van der Waals surface area contributed by atoms with Crippen LogP contribution in [0.4, 0.5) is 0 Å². The molecule has 0 aliphatic carbocycles. The lowest BCUT2D eigenvalue weighted by atomic mass is 9.90. The second-order valence-electron chi connectivity index (χ2n) is 12.3. The average Bonchev–Trinajstić information content (AvgIpc) is 3.09. The van der Waals surface area contributed by atoms with Gasteiger partial charge in [-0.2, -0.15) is 0 Å². The van der Waals surface area contributed by atoms with Gasteiger partial charge in [0.15, 0.2) is 0 Å². The molecule has 1 heterocycles. The zero-order valence-electron chi connectivity index (χ0n) is 24.4. The number of hydrogen-bond acceptors (Lipinski definition) is 2. The first-order valence-electron chi connectivity index (χ1n) is 15.6. The molecule has 1 saturated heterocycles. The predicted octanol–water partition coefficient (Wildman–Crippen LogP) is 10.5. The molecule has 0 spiro atoms. The van der Waals surface area contributed by atoms with Crippen molar-refractivity contribution in [2.45, 2.75) is 167 Å². The van der Waals surface area contributed by atoms with Gasteiger partial charge in [0.05, 0.1) is 12.1 Å². The quantitative estimate of drug-likeness (QED) is 0.157. The number of rotatable bonds is 21. The molecule has 0 bridgehead atoms. The van der Waals surface area contributed by atoms with Crippen LogP contribution in [0.15, 0.2) is 24.3 Å². The van der Waals surface area contributed by atoms with E-state index in [0.29, 0.717) is 0 Å². The summed E-state index contributed by atoms with van der Waals surface area (Å²) in [6.07, 6.45) is 27.0. The lowest BCUT2D eigenvalue weighted by molar-refractivity contribution is -0.252. The van der Waals surface area contributed by atoms with Crippen LogP contribution in [0.5, 0.6) is 5.75 Å². The van der Waals surface area contributed by atoms with Gasteiger partial charge in [0, 0.05) is 5.54 Å². The highest BCUT2D eigenvalue weighted by Crippen LogP contribution is 2.46. The molecule has 207 valence electrons. The summed E-state index contributed by atoms with van der Waals surface area (Å²) in [5.41, 5.74) is 0.398. The van der Waals surface area contributed by atoms with Crippen LogP contribution in [0.25, 0.3) is 0 Å². The van der Waals surface area contributed by atoms with Crippen LogP contribution >= 0.6 is 0 Å². The summed E-state index contributed by atoms with van der Waals surface area (Å²) < 4.78 is 5.96. The van der Waals surface area contributed by atoms with Crippen LogP contribution < -0.4 is 4.74 Å². The number of unbranched alkanes of at least 4 members (excludes halogenated alkanes) is 17. The highest BCUT2D eigenvalue weighted by atomic mass is 16.5. The Balaban J connectivity index is 1.38. The van der Waals surface area contributed by atoms with E-state index < -0.39 is 5.54 Å². The van der Waals surface area contributed by atoms with Crippen LogP contribution in [-0.4, -0.2) is 17.2 Å². The zero-order valence-corrected chi connectivity index (χ0v) is 24.4. The SMILES string of the molecule is CCCCCCCCCCCCCCCCCCCCOc1ccc(C2(C)CCC(C)(C)N2[O])cc1. The molecule has 1 radical (unpaired) electrons. The molecule has 1 aromatic carbocycles. The molecule has 3 nitrogen and oxygen atoms in total. The normalized spacial score (nSPS) is 19.7. The van der Waals surface area contributed by atoms with Crippen LogP contribution in [-0.2, 0) is 10.7 Å². The Bertz CT molecular complexity index is 671. The average molecular weight is 501 g/mol. The smallest absolute Gasteiger partial charge is 0.119 e. The lowest BCUT2D eigenvalue weighted by Crippen LogP contribution is -2.44. The second kappa shape index (κ2) is 17.4. The first-order chi connectivity index (χ1) is 17.4. The number of nitrogens with zero attached hydrogens (tertiary/aromatic N) is 1. The van der Waals surface area contributed by atoms with Crippen molar-refractivity contribution in [3.05, 3.63) is 29.8 Å². The summed E-state index contributed by atoms with van der Waals surface area (Å²) in [7, 11) is 0. The molecule has 0 aromatic heterocycles. The molecule has 0 N–H and O–H groups in total. The van der Waals surface area contributed by atoms with Crippen molar-refractivity contribution >= 4 is 0 Å². The minimum atomic E-state index is -0.421. The van der Waals surface area contributed by atoms with Gasteiger partial charge in [0.2, 0.25) is 0 Å². The predicted molar refractivity (Wildman–Crippen MR) is 154 cm³/mol. The summed E-state index contributed by atoms with van der Waals surface area (Å²) in [6.45, 7) is 9.24. The van der Waals surface area contributed by atoms with E-state index in [-0.39, 0.29) is 5.54 Å². The van der Waals surface area contributed by atoms with Gasteiger partial charge >= 0.3 is 0 Å². The topological polar surface area (TPSA) is 32.4 Å². The third kappa shape index (κ3) is 11.1. The van der Waals surface area contributed by atoms with Crippen molar-refractivity contribution in [1.29, 1.82) is 0 Å². The fraction of sp³-hybridized carbons (Fsp3) is 0.818. The van der Waals surface area contributed by atoms with E-state index in [2.05, 4.69) is 26.0 Å². The molecule has 1 aliphatic heterocycles. The van der Waals surface area contributed by atoms with Crippen molar-refractivity contribution in [1.82, 2.24) is 5.06 Å². The number of benzene rings is 1. The molecule has 0 amide bonds. The van der Waals surface area contributed by atoms with Gasteiger partial charge in [0.25, 0.3) is 0 Å². The summed E-state index contributed by atoms with van der Waals surface area (Å²) in [6, 6.07) is 8.23. The van der Waals surface area contributed by atoms with Crippen LogP contribution in [0, 0.1) is 0 Å². The van der Waals surface area contributed by atoms with E-state index in [0.717, 1.165) is 37.2 Å². The summed E-state index contributed by atoms with van der Waals surface area (Å²) >= 11 is 0. The van der Waals surface area contributed by atoms with Gasteiger partial charge in [-0.25, -0.2) is 0 Å². The van der Waals surface area contributed by atoms with Gasteiger partial charge in [-0.3, -0.25) is 0 Å². The molecule has 1 aromatic rings. The summed E-state index contributed by atoms with van der Waals surface area (Å²) in [4.78, 5) is 0. The number of hydrogen-bond donors (Lipinski definition) is 0. The van der Waals surface area contributed by atoms with Gasteiger partial charge in [0.1, 0.15) is 5.75 Å². The van der Waals surface area contributed by atoms with E-state index in [4.69, 9.17) is 4.74 Å². The fourth-order valence-electron chi connectivity index (χ4n) is 5.79. The molecule has 3 heteroatoms. The molecule has 0 saturated carbocycles. The standard InChI is InChI=1S/C33H58NO2/c1-5-6-7-8-9-10-11-12-13-14-15-16-17-18-19-20-21-22-29-36-31-25-23-30(24-26-31)33(4)28-27-32(2,3)34(33)35/h23-26H,5-22,27-29H2,1-4H3. The number of ether oxygens (including phenoxy) is 1. The van der Waals surface area contributed by atoms with Crippen molar-refractivity contribution < 1.29 is 9.94 Å². The van der Waals surface area contributed by atoms with Crippen molar-refractivity contribution in [2.75, 3.05) is 6.61 Å². The summed E-state index contributed by atoms with van der Waals surface area (Å²) in [5, 5.41) is 14.1. The van der Waals surface area contributed by atoms with Crippen LogP contribution in [0.2, 0.25) is 0 Å². The molecular weight excluding hydrogens is 442 g/mol. The molecular formula is C33H58NO2. The van der Waals surface area contributed by atoms with Gasteiger partial charge in [-0.1, -0.05) is 128 Å². The molecule has 1 atom stereocenters. The van der Waals surface area contributed by atoms with Crippen LogP contribution in [0.1, 0.15) is 162 Å². The largest absolute Gasteiger partial charge is 0.494 e. The molecule has 2 rings (SSSR count). The summed E-state index contributed by atoms with van der Waals surface area (Å²) in [5.74, 6) is 0.920. The Kier molecular flexibility index (Phi) is 15.1. The molecule has 1 unspecified atom stereocenters. The van der Waals surface area contributed by atoms with E-state index in [1.807, 2.05) is 26.0 Å². The first-order valence-corrected chi connectivity index (χ1v) is 15.6. The van der Waals surface area contributed by atoms with E-state index in [1.165, 1.54) is 114 Å². The van der Waals surface area contributed by atoms with Crippen LogP contribution in [0.3, 0.4) is 0 Å². The van der Waals surface area contributed by atoms with E-state index in [9.17, 15) is 5.21 Å². The highest BCUT2D eigenvalue weighted by Gasteiger charge is 2.49. The fourth-order valence-corrected chi connectivity index (χ4v) is 5.79. The van der Waals surface area contributed by atoms with Gasteiger partial charge in [-0.05, 0) is 57.7 Å². The molecule has 1 fully saturated rings. The third-order valence-electron chi connectivity index (χ3n) is 8.46. The van der Waals surface area contributed by atoms with Gasteiger partial charge in [-0.15, -0.1) is 10.3 Å². The van der Waals surface area contributed by atoms with Gasteiger partial charge < -0.3 is 4.74 Å². The van der Waals surface area contributed by atoms with Crippen molar-refractivity contribution in [3.63, 3.8) is 0 Å². The highest BCUT2D eigenvalue weighted by molar-refractivity contribution is 5.32. The van der Waals surface area contributed by atoms with E-state index >= 15 is 0 Å². The Labute approximate surface area is 224 Å². The maximum atomic E-state index is 12.8. The number of hydroxylamine groups is 2. The molecule has 36 heavy (non-hydrogen) atoms. The second-order valence-corrected chi connectivity index (χ2v) is 12.3. The minimum absolute atomic E-state index is 0.281. The minimum Gasteiger partial charge on any atom is -0.494 e. The first kappa shape index (κ1) is 31.2. The molecule has 1 aliphatic rings.